The van der Waals surface area contributed by atoms with E-state index in [1.54, 1.807) is 34.5 Å². The number of anilines is 2. The van der Waals surface area contributed by atoms with Gasteiger partial charge in [0, 0.05) is 25.1 Å². The number of benzene rings is 1. The summed E-state index contributed by atoms with van der Waals surface area (Å²) in [6, 6.07) is 20.3. The van der Waals surface area contributed by atoms with E-state index in [0.717, 1.165) is 37.1 Å². The summed E-state index contributed by atoms with van der Waals surface area (Å²) < 4.78 is 6.20. The van der Waals surface area contributed by atoms with Crippen molar-refractivity contribution < 1.29 is 19.1 Å². The van der Waals surface area contributed by atoms with E-state index in [1.165, 1.54) is 6.20 Å². The van der Waals surface area contributed by atoms with Crippen LogP contribution in [0.15, 0.2) is 91.5 Å². The third-order valence-electron chi connectivity index (χ3n) is 7.33. The highest BCUT2D eigenvalue weighted by Crippen LogP contribution is 2.34. The van der Waals surface area contributed by atoms with E-state index < -0.39 is 0 Å². The van der Waals surface area contributed by atoms with Crippen LogP contribution in [-0.4, -0.2) is 63.8 Å². The number of aromatic nitrogens is 3. The summed E-state index contributed by atoms with van der Waals surface area (Å²) in [5.74, 6) is -0.190. The van der Waals surface area contributed by atoms with Gasteiger partial charge in [-0.15, -0.1) is 0 Å². The number of para-hydroxylation sites is 2. The summed E-state index contributed by atoms with van der Waals surface area (Å²) in [4.78, 5) is 56.3. The number of nitrogens with zero attached hydrogens (tertiary/aromatic N) is 5. The molecule has 45 heavy (non-hydrogen) atoms. The standard InChI is InChI=1S/C34H37N7O4/c42-32(38-21-27-11-5-7-15-36-27)24-40-17-9-1-2-10-18-45-31-14-4-3-13-30(31)41(29-19-26(34(40)44)20-35-23-29)25-33(43)39-22-28-12-6-8-16-37-28/h3-8,11-16,19-20,23H,1-2,9-10,17-18,21-22,24-25H2,(H,38,42)(H,39,43). The van der Waals surface area contributed by atoms with Gasteiger partial charge in [-0.3, -0.25) is 29.3 Å². The molecule has 4 heterocycles. The minimum atomic E-state index is -0.309. The Morgan fingerprint density at radius 1 is 0.778 bits per heavy atom. The second kappa shape index (κ2) is 15.9. The van der Waals surface area contributed by atoms with E-state index in [1.807, 2.05) is 60.7 Å². The molecule has 3 amide bonds. The lowest BCUT2D eigenvalue weighted by Crippen LogP contribution is -2.41. The van der Waals surface area contributed by atoms with Crippen molar-refractivity contribution in [2.75, 3.05) is 31.1 Å². The molecule has 0 aliphatic carbocycles. The van der Waals surface area contributed by atoms with Crippen molar-refractivity contribution in [1.82, 2.24) is 30.5 Å². The molecule has 11 heteroatoms. The highest BCUT2D eigenvalue weighted by molar-refractivity contribution is 5.97. The maximum Gasteiger partial charge on any atom is 0.255 e. The molecular formula is C34H37N7O4. The normalized spacial score (nSPS) is 13.9. The average Bonchev–Trinajstić information content (AvgIpc) is 3.08. The van der Waals surface area contributed by atoms with Crippen molar-refractivity contribution in [1.29, 1.82) is 0 Å². The first-order chi connectivity index (χ1) is 22.1. The molecule has 0 saturated heterocycles. The van der Waals surface area contributed by atoms with E-state index in [0.29, 0.717) is 35.8 Å². The molecule has 1 aliphatic rings. The maximum atomic E-state index is 13.9. The van der Waals surface area contributed by atoms with Gasteiger partial charge in [-0.05, 0) is 55.3 Å². The Bertz CT molecular complexity index is 1570. The van der Waals surface area contributed by atoms with Gasteiger partial charge in [-0.2, -0.15) is 0 Å². The van der Waals surface area contributed by atoms with Crippen LogP contribution in [0.5, 0.6) is 5.75 Å². The summed E-state index contributed by atoms with van der Waals surface area (Å²) in [5, 5.41) is 5.80. The molecule has 11 nitrogen and oxygen atoms in total. The maximum absolute atomic E-state index is 13.9. The highest BCUT2D eigenvalue weighted by atomic mass is 16.5. The third kappa shape index (κ3) is 9.09. The molecule has 2 bridgehead atoms. The SMILES string of the molecule is O=C(CN1CCCCCCOc2ccccc2N(CC(=O)NCc2ccccn2)c2cncc(c2)C1=O)NCc1ccccn1. The first-order valence-corrected chi connectivity index (χ1v) is 15.1. The number of carbonyl (C=O) groups excluding carboxylic acids is 3. The van der Waals surface area contributed by atoms with Crippen LogP contribution in [0.25, 0.3) is 0 Å². The van der Waals surface area contributed by atoms with E-state index >= 15 is 0 Å². The molecule has 3 aromatic heterocycles. The Balaban J connectivity index is 1.39. The summed E-state index contributed by atoms with van der Waals surface area (Å²) >= 11 is 0. The van der Waals surface area contributed by atoms with Crippen molar-refractivity contribution in [3.8, 4) is 5.75 Å². The summed E-state index contributed by atoms with van der Waals surface area (Å²) in [6.45, 7) is 1.33. The second-order valence-electron chi connectivity index (χ2n) is 10.7. The fourth-order valence-corrected chi connectivity index (χ4v) is 5.00. The van der Waals surface area contributed by atoms with Gasteiger partial charge in [0.05, 0.1) is 60.8 Å². The van der Waals surface area contributed by atoms with Crippen LogP contribution in [0, 0.1) is 0 Å². The lowest BCUT2D eigenvalue weighted by molar-refractivity contribution is -0.122. The molecular weight excluding hydrogens is 570 g/mol. The number of amides is 3. The molecule has 1 aromatic carbocycles. The molecule has 0 radical (unpaired) electrons. The number of ether oxygens (including phenoxy) is 1. The van der Waals surface area contributed by atoms with Crippen LogP contribution in [0.1, 0.15) is 47.4 Å². The van der Waals surface area contributed by atoms with Crippen molar-refractivity contribution in [2.24, 2.45) is 0 Å². The van der Waals surface area contributed by atoms with Crippen LogP contribution >= 0.6 is 0 Å². The molecule has 4 aromatic rings. The molecule has 0 saturated carbocycles. The molecule has 5 rings (SSSR count). The van der Waals surface area contributed by atoms with E-state index in [-0.39, 0.29) is 43.9 Å². The highest BCUT2D eigenvalue weighted by Gasteiger charge is 2.23. The van der Waals surface area contributed by atoms with Gasteiger partial charge < -0.3 is 25.2 Å². The van der Waals surface area contributed by atoms with Crippen molar-refractivity contribution >= 4 is 29.1 Å². The molecule has 232 valence electrons. The number of nitrogens with one attached hydrogen (secondary N) is 2. The van der Waals surface area contributed by atoms with Gasteiger partial charge in [-0.1, -0.05) is 37.1 Å². The lowest BCUT2D eigenvalue weighted by Gasteiger charge is -2.27. The Kier molecular flexibility index (Phi) is 11.0. The van der Waals surface area contributed by atoms with Crippen molar-refractivity contribution in [3.63, 3.8) is 0 Å². The first kappa shape index (κ1) is 31.1. The van der Waals surface area contributed by atoms with Gasteiger partial charge in [0.1, 0.15) is 12.3 Å². The largest absolute Gasteiger partial charge is 0.491 e. The molecule has 1 aliphatic heterocycles. The van der Waals surface area contributed by atoms with Crippen LogP contribution in [0.3, 0.4) is 0 Å². The Labute approximate surface area is 262 Å². The molecule has 2 N–H and O–H groups in total. The molecule has 0 unspecified atom stereocenters. The van der Waals surface area contributed by atoms with E-state index in [9.17, 15) is 14.4 Å². The van der Waals surface area contributed by atoms with Crippen LogP contribution in [0.4, 0.5) is 11.4 Å². The fraction of sp³-hybridized carbons (Fsp3) is 0.294. The Hall–Kier alpha value is -5.32. The quantitative estimate of drug-likeness (QED) is 0.307. The van der Waals surface area contributed by atoms with Crippen molar-refractivity contribution in [3.05, 3.63) is 108 Å². The van der Waals surface area contributed by atoms with Gasteiger partial charge in [-0.25, -0.2) is 0 Å². The number of hydrogen-bond donors (Lipinski definition) is 2. The van der Waals surface area contributed by atoms with Crippen LogP contribution < -0.4 is 20.3 Å². The minimum absolute atomic E-state index is 0.0494. The monoisotopic (exact) mass is 607 g/mol. The molecule has 0 spiro atoms. The van der Waals surface area contributed by atoms with Gasteiger partial charge >= 0.3 is 0 Å². The number of carbonyl (C=O) groups is 3. The number of hydrogen-bond acceptors (Lipinski definition) is 8. The lowest BCUT2D eigenvalue weighted by atomic mass is 10.1. The summed E-state index contributed by atoms with van der Waals surface area (Å²) in [5.41, 5.74) is 3.01. The van der Waals surface area contributed by atoms with Gasteiger partial charge in [0.2, 0.25) is 11.8 Å². The zero-order chi connectivity index (χ0) is 31.3. The van der Waals surface area contributed by atoms with E-state index in [2.05, 4.69) is 25.6 Å². The molecule has 0 fully saturated rings. The summed E-state index contributed by atoms with van der Waals surface area (Å²) in [6.07, 6.45) is 9.81. The number of rotatable bonds is 8. The minimum Gasteiger partial charge on any atom is -0.491 e. The zero-order valence-corrected chi connectivity index (χ0v) is 25.1. The fourth-order valence-electron chi connectivity index (χ4n) is 5.00. The average molecular weight is 608 g/mol. The van der Waals surface area contributed by atoms with Crippen molar-refractivity contribution in [2.45, 2.75) is 38.8 Å². The predicted molar refractivity (Wildman–Crippen MR) is 170 cm³/mol. The third-order valence-corrected chi connectivity index (χ3v) is 7.33. The zero-order valence-electron chi connectivity index (χ0n) is 25.1. The summed E-state index contributed by atoms with van der Waals surface area (Å²) in [7, 11) is 0. The predicted octanol–water partition coefficient (Wildman–Crippen LogP) is 4.04. The van der Waals surface area contributed by atoms with Gasteiger partial charge in [0.15, 0.2) is 0 Å². The Morgan fingerprint density at radius 3 is 2.16 bits per heavy atom. The van der Waals surface area contributed by atoms with Crippen LogP contribution in [0.2, 0.25) is 0 Å². The Morgan fingerprint density at radius 2 is 1.44 bits per heavy atom. The van der Waals surface area contributed by atoms with Crippen LogP contribution in [-0.2, 0) is 22.7 Å². The number of fused-ring (bicyclic) bond motifs is 3. The smallest absolute Gasteiger partial charge is 0.255 e. The second-order valence-corrected chi connectivity index (χ2v) is 10.7. The van der Waals surface area contributed by atoms with Gasteiger partial charge in [0.25, 0.3) is 5.91 Å². The topological polar surface area (TPSA) is 130 Å². The number of pyridine rings is 3. The molecule has 0 atom stereocenters. The first-order valence-electron chi connectivity index (χ1n) is 15.1. The van der Waals surface area contributed by atoms with E-state index in [4.69, 9.17) is 4.74 Å².